The molecule has 4 rings (SSSR count). The van der Waals surface area contributed by atoms with Crippen molar-refractivity contribution in [3.8, 4) is 11.5 Å². The van der Waals surface area contributed by atoms with E-state index in [-0.39, 0.29) is 0 Å². The largest absolute Gasteiger partial charge is 0.391 e. The van der Waals surface area contributed by atoms with Gasteiger partial charge in [0.2, 0.25) is 5.82 Å². The van der Waals surface area contributed by atoms with Gasteiger partial charge in [-0.3, -0.25) is 4.40 Å². The molecule has 9 heteroatoms. The number of fused-ring (bicyclic) bond motifs is 1. The van der Waals surface area contributed by atoms with Crippen LogP contribution in [-0.2, 0) is 13.0 Å². The van der Waals surface area contributed by atoms with Crippen molar-refractivity contribution in [2.75, 3.05) is 0 Å². The van der Waals surface area contributed by atoms with Crippen LogP contribution in [0.25, 0.3) is 16.5 Å². The van der Waals surface area contributed by atoms with E-state index in [1.807, 2.05) is 41.4 Å². The van der Waals surface area contributed by atoms with Crippen LogP contribution in [0.15, 0.2) is 23.2 Å². The molecule has 4 aromatic rings. The van der Waals surface area contributed by atoms with Crippen LogP contribution < -0.4 is 0 Å². The monoisotopic (exact) mass is 374 g/mol. The second-order valence-corrected chi connectivity index (χ2v) is 7.78. The van der Waals surface area contributed by atoms with E-state index in [9.17, 15) is 5.11 Å². The van der Waals surface area contributed by atoms with Crippen molar-refractivity contribution < 1.29 is 5.11 Å². The van der Waals surface area contributed by atoms with E-state index in [4.69, 9.17) is 0 Å². The minimum atomic E-state index is -0.448. The highest BCUT2D eigenvalue weighted by atomic mass is 32.1. The Bertz CT molecular complexity index is 969. The second kappa shape index (κ2) is 6.66. The van der Waals surface area contributed by atoms with Crippen molar-refractivity contribution in [2.24, 2.45) is 0 Å². The lowest BCUT2D eigenvalue weighted by Crippen LogP contribution is -2.18. The molecule has 0 aliphatic rings. The molecule has 1 N–H and O–H groups in total. The first-order valence-electron chi connectivity index (χ1n) is 8.07. The third-order valence-corrected chi connectivity index (χ3v) is 5.48. The van der Waals surface area contributed by atoms with Crippen molar-refractivity contribution >= 4 is 27.6 Å². The molecule has 1 atom stereocenters. The Kier molecular flexibility index (Phi) is 4.36. The van der Waals surface area contributed by atoms with Crippen molar-refractivity contribution in [3.63, 3.8) is 0 Å². The molecular formula is C16H18N6OS2. The Hall–Kier alpha value is -2.10. The predicted molar refractivity (Wildman–Crippen MR) is 98.0 cm³/mol. The van der Waals surface area contributed by atoms with Crippen LogP contribution in [0.3, 0.4) is 0 Å². The zero-order valence-corrected chi connectivity index (χ0v) is 15.6. The summed E-state index contributed by atoms with van der Waals surface area (Å²) in [5.74, 6) is 1.39. The number of hydrogen-bond donors (Lipinski definition) is 1. The summed E-state index contributed by atoms with van der Waals surface area (Å²) in [6.45, 7) is 4.34. The summed E-state index contributed by atoms with van der Waals surface area (Å²) in [6.07, 6.45) is 4.79. The van der Waals surface area contributed by atoms with Crippen LogP contribution in [0.4, 0.5) is 0 Å². The van der Waals surface area contributed by atoms with E-state index in [0.29, 0.717) is 25.2 Å². The lowest BCUT2D eigenvalue weighted by molar-refractivity contribution is 0.144. The Labute approximate surface area is 152 Å². The maximum atomic E-state index is 10.0. The Balaban J connectivity index is 1.68. The summed E-state index contributed by atoms with van der Waals surface area (Å²) in [5, 5.41) is 19.6. The van der Waals surface area contributed by atoms with E-state index in [1.165, 1.54) is 0 Å². The summed E-state index contributed by atoms with van der Waals surface area (Å²) in [6, 6.07) is 0. The van der Waals surface area contributed by atoms with Crippen LogP contribution in [0.5, 0.6) is 0 Å². The van der Waals surface area contributed by atoms with Crippen LogP contribution in [0.2, 0.25) is 0 Å². The van der Waals surface area contributed by atoms with Crippen LogP contribution >= 0.6 is 22.7 Å². The van der Waals surface area contributed by atoms with Gasteiger partial charge in [0.15, 0.2) is 4.96 Å². The summed E-state index contributed by atoms with van der Waals surface area (Å²) < 4.78 is 3.79. The first-order valence-corrected chi connectivity index (χ1v) is 9.83. The molecule has 0 spiro atoms. The maximum absolute atomic E-state index is 10.0. The first kappa shape index (κ1) is 16.4. The maximum Gasteiger partial charge on any atom is 0.200 e. The highest BCUT2D eigenvalue weighted by Crippen LogP contribution is 2.20. The number of aromatic nitrogens is 6. The molecule has 0 aliphatic carbocycles. The summed E-state index contributed by atoms with van der Waals surface area (Å²) in [5.41, 5.74) is 1.71. The molecule has 0 amide bonds. The van der Waals surface area contributed by atoms with Gasteiger partial charge in [-0.25, -0.2) is 19.6 Å². The quantitative estimate of drug-likeness (QED) is 0.561. The number of hydrogen-bond acceptors (Lipinski definition) is 7. The van der Waals surface area contributed by atoms with E-state index in [1.54, 1.807) is 27.4 Å². The zero-order valence-electron chi connectivity index (χ0n) is 14.0. The fraction of sp³-hybridized carbons (Fsp3) is 0.375. The molecular weight excluding hydrogens is 356 g/mol. The number of thiazole rings is 2. The van der Waals surface area contributed by atoms with Crippen LogP contribution in [-0.4, -0.2) is 40.3 Å². The number of imidazole rings is 1. The molecule has 7 nitrogen and oxygen atoms in total. The Morgan fingerprint density at radius 2 is 2.12 bits per heavy atom. The van der Waals surface area contributed by atoms with Crippen molar-refractivity contribution in [1.82, 2.24) is 29.1 Å². The van der Waals surface area contributed by atoms with E-state index < -0.39 is 6.10 Å². The van der Waals surface area contributed by atoms with Crippen molar-refractivity contribution in [1.29, 1.82) is 0 Å². The predicted octanol–water partition coefficient (Wildman–Crippen LogP) is 2.78. The van der Waals surface area contributed by atoms with Gasteiger partial charge in [0, 0.05) is 23.2 Å². The number of nitrogens with zero attached hydrogens (tertiary/aromatic N) is 6. The number of aliphatic hydroxyl groups excluding tert-OH is 1. The smallest absolute Gasteiger partial charge is 0.200 e. The molecule has 0 saturated heterocycles. The lowest BCUT2D eigenvalue weighted by atomic mass is 10.2. The number of aryl methyl sites for hydroxylation is 1. The summed E-state index contributed by atoms with van der Waals surface area (Å²) in [7, 11) is 0. The minimum Gasteiger partial charge on any atom is -0.391 e. The van der Waals surface area contributed by atoms with Gasteiger partial charge >= 0.3 is 0 Å². The molecule has 0 unspecified atom stereocenters. The number of aliphatic hydroxyl groups is 1. The molecule has 25 heavy (non-hydrogen) atoms. The molecule has 0 aliphatic heterocycles. The SMILES string of the molecule is CC[C@H](O)Cn1nc(-c2csc(C)n2)nc1Cc1cn2ccsc2n1. The Morgan fingerprint density at radius 1 is 1.24 bits per heavy atom. The molecule has 0 saturated carbocycles. The summed E-state index contributed by atoms with van der Waals surface area (Å²) >= 11 is 3.18. The molecule has 4 heterocycles. The van der Waals surface area contributed by atoms with Gasteiger partial charge in [0.05, 0.1) is 29.8 Å². The second-order valence-electron chi connectivity index (χ2n) is 5.85. The average molecular weight is 374 g/mol. The zero-order chi connectivity index (χ0) is 17.4. The van der Waals surface area contributed by atoms with Gasteiger partial charge in [-0.2, -0.15) is 0 Å². The fourth-order valence-corrected chi connectivity index (χ4v) is 3.89. The molecule has 4 aromatic heterocycles. The van der Waals surface area contributed by atoms with Crippen LogP contribution in [0.1, 0.15) is 29.9 Å². The first-order chi connectivity index (χ1) is 12.1. The van der Waals surface area contributed by atoms with E-state index >= 15 is 0 Å². The van der Waals surface area contributed by atoms with Crippen molar-refractivity contribution in [2.45, 2.75) is 39.3 Å². The summed E-state index contributed by atoms with van der Waals surface area (Å²) in [4.78, 5) is 14.7. The standard InChI is InChI=1S/C16H18N6OS2/c1-3-12(23)8-22-14(6-11-7-21-4-5-24-16(21)18-11)19-15(20-22)13-9-25-10(2)17-13/h4-5,7,9,12,23H,3,6,8H2,1-2H3/t12-/m0/s1. The van der Waals surface area contributed by atoms with Gasteiger partial charge < -0.3 is 5.11 Å². The highest BCUT2D eigenvalue weighted by molar-refractivity contribution is 7.15. The molecule has 0 aromatic carbocycles. The van der Waals surface area contributed by atoms with Gasteiger partial charge in [-0.1, -0.05) is 6.92 Å². The van der Waals surface area contributed by atoms with Gasteiger partial charge in [-0.05, 0) is 13.3 Å². The molecule has 0 bridgehead atoms. The molecule has 0 radical (unpaired) electrons. The fourth-order valence-electron chi connectivity index (χ4n) is 2.58. The topological polar surface area (TPSA) is 81.1 Å². The van der Waals surface area contributed by atoms with Gasteiger partial charge in [0.1, 0.15) is 11.5 Å². The average Bonchev–Trinajstić information content (AvgIpc) is 3.32. The third-order valence-electron chi connectivity index (χ3n) is 3.93. The normalized spacial score (nSPS) is 12.9. The molecule has 130 valence electrons. The number of rotatable bonds is 6. The van der Waals surface area contributed by atoms with E-state index in [0.717, 1.165) is 27.2 Å². The van der Waals surface area contributed by atoms with Gasteiger partial charge in [-0.15, -0.1) is 27.8 Å². The van der Waals surface area contributed by atoms with Gasteiger partial charge in [0.25, 0.3) is 0 Å². The van der Waals surface area contributed by atoms with E-state index in [2.05, 4.69) is 20.1 Å². The van der Waals surface area contributed by atoms with Crippen molar-refractivity contribution in [3.05, 3.63) is 39.7 Å². The van der Waals surface area contributed by atoms with Crippen LogP contribution in [0, 0.1) is 6.92 Å². The minimum absolute atomic E-state index is 0.421. The molecule has 0 fully saturated rings. The third kappa shape index (κ3) is 3.35. The highest BCUT2D eigenvalue weighted by Gasteiger charge is 2.17. The lowest BCUT2D eigenvalue weighted by Gasteiger charge is -2.09. The Morgan fingerprint density at radius 3 is 2.84 bits per heavy atom.